The lowest BCUT2D eigenvalue weighted by molar-refractivity contribution is 0.403. The molecule has 112 valence electrons. The average Bonchev–Trinajstić information content (AvgIpc) is 3.21. The van der Waals surface area contributed by atoms with Gasteiger partial charge in [0.2, 0.25) is 5.95 Å². The number of aryl methyl sites for hydroxylation is 1. The second-order valence-corrected chi connectivity index (χ2v) is 6.94. The highest BCUT2D eigenvalue weighted by Crippen LogP contribution is 2.30. The van der Waals surface area contributed by atoms with Gasteiger partial charge in [-0.1, -0.05) is 6.92 Å². The first-order valence-electron chi connectivity index (χ1n) is 6.78. The molecule has 1 aromatic rings. The molecule has 5 nitrogen and oxygen atoms in total. The van der Waals surface area contributed by atoms with Crippen LogP contribution >= 0.6 is 0 Å². The molecule has 1 aliphatic rings. The van der Waals surface area contributed by atoms with Crippen LogP contribution in [0.25, 0.3) is 0 Å². The minimum Gasteiger partial charge on any atom is -0.228 e. The molecule has 1 fully saturated rings. The van der Waals surface area contributed by atoms with E-state index in [9.17, 15) is 12.8 Å². The summed E-state index contributed by atoms with van der Waals surface area (Å²) >= 11 is 0. The van der Waals surface area contributed by atoms with Crippen molar-refractivity contribution in [3.05, 3.63) is 29.3 Å². The summed E-state index contributed by atoms with van der Waals surface area (Å²) < 4.78 is 41.7. The molecular formula is C13H20FN3O2S. The van der Waals surface area contributed by atoms with Crippen LogP contribution in [-0.2, 0) is 16.8 Å². The lowest BCUT2D eigenvalue weighted by atomic mass is 10.2. The van der Waals surface area contributed by atoms with Crippen molar-refractivity contribution in [1.82, 2.24) is 14.0 Å². The van der Waals surface area contributed by atoms with Crippen LogP contribution in [0.1, 0.15) is 30.9 Å². The van der Waals surface area contributed by atoms with Crippen LogP contribution in [0.2, 0.25) is 0 Å². The van der Waals surface area contributed by atoms with Crippen molar-refractivity contribution in [3.63, 3.8) is 0 Å². The van der Waals surface area contributed by atoms with Crippen LogP contribution in [0.3, 0.4) is 0 Å². The van der Waals surface area contributed by atoms with Gasteiger partial charge in [0.05, 0.1) is 0 Å². The van der Waals surface area contributed by atoms with Crippen LogP contribution < -0.4 is 4.72 Å². The summed E-state index contributed by atoms with van der Waals surface area (Å²) in [5.41, 5.74) is 1.06. The minimum absolute atomic E-state index is 0.0794. The van der Waals surface area contributed by atoms with E-state index in [2.05, 4.69) is 9.71 Å². The summed E-state index contributed by atoms with van der Waals surface area (Å²) in [5.74, 6) is -0.160. The molecule has 0 saturated heterocycles. The van der Waals surface area contributed by atoms with Crippen LogP contribution in [0.5, 0.6) is 0 Å². The van der Waals surface area contributed by atoms with Crippen molar-refractivity contribution in [2.75, 3.05) is 13.1 Å². The molecule has 1 aromatic heterocycles. The predicted molar refractivity (Wildman–Crippen MR) is 74.7 cm³/mol. The summed E-state index contributed by atoms with van der Waals surface area (Å²) in [4.78, 5) is 3.59. The van der Waals surface area contributed by atoms with Gasteiger partial charge in [-0.15, -0.1) is 0 Å². The highest BCUT2D eigenvalue weighted by Gasteiger charge is 2.29. The van der Waals surface area contributed by atoms with Gasteiger partial charge in [0.1, 0.15) is 0 Å². The number of pyridine rings is 1. The lowest BCUT2D eigenvalue weighted by Crippen LogP contribution is -2.41. The lowest BCUT2D eigenvalue weighted by Gasteiger charge is -2.20. The SMILES string of the molecule is CCN(CC1CC1)S(=O)(=O)NCc1cc(C)cnc1F. The first-order chi connectivity index (χ1) is 9.42. The van der Waals surface area contributed by atoms with Crippen LogP contribution in [0, 0.1) is 18.8 Å². The number of nitrogens with zero attached hydrogens (tertiary/aromatic N) is 2. The average molecular weight is 301 g/mol. The van der Waals surface area contributed by atoms with E-state index in [-0.39, 0.29) is 12.1 Å². The molecule has 0 aliphatic heterocycles. The zero-order chi connectivity index (χ0) is 14.8. The Hall–Kier alpha value is -1.05. The topological polar surface area (TPSA) is 62.3 Å². The van der Waals surface area contributed by atoms with Gasteiger partial charge in [0.25, 0.3) is 10.2 Å². The Morgan fingerprint density at radius 2 is 2.20 bits per heavy atom. The Morgan fingerprint density at radius 1 is 1.50 bits per heavy atom. The van der Waals surface area contributed by atoms with E-state index in [1.165, 1.54) is 10.5 Å². The predicted octanol–water partition coefficient (Wildman–Crippen LogP) is 1.60. The Morgan fingerprint density at radius 3 is 2.80 bits per heavy atom. The first kappa shape index (κ1) is 15.3. The second-order valence-electron chi connectivity index (χ2n) is 5.18. The van der Waals surface area contributed by atoms with Gasteiger partial charge in [-0.05, 0) is 37.3 Å². The van der Waals surface area contributed by atoms with Crippen LogP contribution in [0.15, 0.2) is 12.3 Å². The molecule has 0 atom stereocenters. The van der Waals surface area contributed by atoms with Gasteiger partial charge >= 0.3 is 0 Å². The molecule has 0 radical (unpaired) electrons. The second kappa shape index (κ2) is 6.15. The third-order valence-corrected chi connectivity index (χ3v) is 4.94. The van der Waals surface area contributed by atoms with E-state index < -0.39 is 16.2 Å². The Bertz CT molecular complexity index is 573. The smallest absolute Gasteiger partial charge is 0.228 e. The van der Waals surface area contributed by atoms with Gasteiger partial charge in [-0.25, -0.2) is 4.98 Å². The number of aromatic nitrogens is 1. The summed E-state index contributed by atoms with van der Waals surface area (Å²) in [7, 11) is -3.57. The molecule has 1 aliphatic carbocycles. The molecule has 0 spiro atoms. The normalized spacial score (nSPS) is 15.8. The van der Waals surface area contributed by atoms with E-state index in [1.807, 2.05) is 0 Å². The number of halogens is 1. The minimum atomic E-state index is -3.57. The Balaban J connectivity index is 2.01. The zero-order valence-corrected chi connectivity index (χ0v) is 12.6. The van der Waals surface area contributed by atoms with Gasteiger partial charge in [-0.2, -0.15) is 21.8 Å². The molecule has 20 heavy (non-hydrogen) atoms. The summed E-state index contributed by atoms with van der Waals surface area (Å²) in [6, 6.07) is 1.60. The van der Waals surface area contributed by atoms with E-state index in [1.54, 1.807) is 19.9 Å². The maximum atomic E-state index is 13.5. The fourth-order valence-electron chi connectivity index (χ4n) is 1.98. The van der Waals surface area contributed by atoms with Crippen LogP contribution in [0.4, 0.5) is 4.39 Å². The van der Waals surface area contributed by atoms with Crippen molar-refractivity contribution >= 4 is 10.2 Å². The Kier molecular flexibility index (Phi) is 4.72. The molecule has 0 amide bonds. The molecule has 0 bridgehead atoms. The van der Waals surface area contributed by atoms with Crippen LogP contribution in [-0.4, -0.2) is 30.8 Å². The molecule has 1 N–H and O–H groups in total. The zero-order valence-electron chi connectivity index (χ0n) is 11.8. The van der Waals surface area contributed by atoms with Crippen molar-refractivity contribution in [2.45, 2.75) is 33.2 Å². The highest BCUT2D eigenvalue weighted by molar-refractivity contribution is 7.87. The van der Waals surface area contributed by atoms with Crippen molar-refractivity contribution < 1.29 is 12.8 Å². The molecular weight excluding hydrogens is 281 g/mol. The quantitative estimate of drug-likeness (QED) is 0.778. The Labute approximate surface area is 119 Å². The largest absolute Gasteiger partial charge is 0.279 e. The van der Waals surface area contributed by atoms with Gasteiger partial charge in [0, 0.05) is 31.4 Å². The molecule has 1 heterocycles. The molecule has 1 saturated carbocycles. The fourth-order valence-corrected chi connectivity index (χ4v) is 3.25. The summed E-state index contributed by atoms with van der Waals surface area (Å²) in [6.07, 6.45) is 3.59. The number of nitrogens with one attached hydrogen (secondary N) is 1. The third-order valence-electron chi connectivity index (χ3n) is 3.34. The molecule has 0 unspecified atom stereocenters. The van der Waals surface area contributed by atoms with Gasteiger partial charge in [0.15, 0.2) is 0 Å². The fraction of sp³-hybridized carbons (Fsp3) is 0.615. The number of hydrogen-bond acceptors (Lipinski definition) is 3. The molecule has 2 rings (SSSR count). The third kappa shape index (κ3) is 3.97. The first-order valence-corrected chi connectivity index (χ1v) is 8.22. The van der Waals surface area contributed by atoms with E-state index >= 15 is 0 Å². The van der Waals surface area contributed by atoms with Gasteiger partial charge in [-0.3, -0.25) is 0 Å². The summed E-state index contributed by atoms with van der Waals surface area (Å²) in [6.45, 7) is 4.47. The van der Waals surface area contributed by atoms with Crippen molar-refractivity contribution in [1.29, 1.82) is 0 Å². The van der Waals surface area contributed by atoms with Gasteiger partial charge < -0.3 is 0 Å². The number of rotatable bonds is 7. The number of hydrogen-bond donors (Lipinski definition) is 1. The monoisotopic (exact) mass is 301 g/mol. The molecule has 7 heteroatoms. The van der Waals surface area contributed by atoms with E-state index in [4.69, 9.17) is 0 Å². The summed E-state index contributed by atoms with van der Waals surface area (Å²) in [5, 5.41) is 0. The highest BCUT2D eigenvalue weighted by atomic mass is 32.2. The standard InChI is InChI=1S/C13H20FN3O2S/c1-3-17(9-11-4-5-11)20(18,19)16-8-12-6-10(2)7-15-13(12)14/h6-7,11,16H,3-5,8-9H2,1-2H3. The molecule has 0 aromatic carbocycles. The van der Waals surface area contributed by atoms with Crippen molar-refractivity contribution in [2.24, 2.45) is 5.92 Å². The van der Waals surface area contributed by atoms with E-state index in [0.29, 0.717) is 19.0 Å². The maximum absolute atomic E-state index is 13.5. The van der Waals surface area contributed by atoms with Crippen molar-refractivity contribution in [3.8, 4) is 0 Å². The van der Waals surface area contributed by atoms with E-state index in [0.717, 1.165) is 18.4 Å². The maximum Gasteiger partial charge on any atom is 0.279 e.